The molecule has 0 aromatic heterocycles. The number of benzene rings is 1. The number of nitrogens with two attached hydrogens (primary N) is 1. The molecule has 22 heavy (non-hydrogen) atoms. The lowest BCUT2D eigenvalue weighted by atomic mass is 9.95. The van der Waals surface area contributed by atoms with Crippen molar-refractivity contribution in [3.63, 3.8) is 0 Å². The van der Waals surface area contributed by atoms with Crippen molar-refractivity contribution in [1.29, 1.82) is 0 Å². The number of ether oxygens (including phenoxy) is 1. The Balaban J connectivity index is 1.91. The number of nitrogens with one attached hydrogen (secondary N) is 1. The normalized spacial score (nSPS) is 15.5. The lowest BCUT2D eigenvalue weighted by Gasteiger charge is -2.31. The maximum atomic E-state index is 12.4. The van der Waals surface area contributed by atoms with Gasteiger partial charge in [0.2, 0.25) is 5.91 Å². The number of carbonyl (C=O) groups is 2. The van der Waals surface area contributed by atoms with Gasteiger partial charge in [0.05, 0.1) is 6.61 Å². The third kappa shape index (κ3) is 3.98. The van der Waals surface area contributed by atoms with Crippen LogP contribution in [0.5, 0.6) is 5.75 Å². The number of rotatable bonds is 5. The fraction of sp³-hybridized carbons (Fsp3) is 0.500. The molecule has 1 aromatic rings. The topological polar surface area (TPSA) is 84.7 Å². The van der Waals surface area contributed by atoms with Crippen LogP contribution < -0.4 is 16.0 Å². The monoisotopic (exact) mass is 305 g/mol. The lowest BCUT2D eigenvalue weighted by molar-refractivity contribution is -0.126. The Bertz CT molecular complexity index is 508. The minimum absolute atomic E-state index is 0.00588. The third-order valence-corrected chi connectivity index (χ3v) is 3.87. The Morgan fingerprint density at radius 1 is 1.27 bits per heavy atom. The lowest BCUT2D eigenvalue weighted by Crippen LogP contribution is -2.44. The van der Waals surface area contributed by atoms with E-state index in [4.69, 9.17) is 10.6 Å². The first kappa shape index (κ1) is 16.3. The van der Waals surface area contributed by atoms with Crippen LogP contribution in [0.25, 0.3) is 0 Å². The van der Waals surface area contributed by atoms with Gasteiger partial charge in [0, 0.05) is 24.6 Å². The van der Waals surface area contributed by atoms with Gasteiger partial charge in [0.15, 0.2) is 0 Å². The molecule has 3 N–H and O–H groups in total. The van der Waals surface area contributed by atoms with Crippen LogP contribution in [-0.2, 0) is 4.79 Å². The number of hydrazine groups is 1. The van der Waals surface area contributed by atoms with E-state index in [0.29, 0.717) is 38.1 Å². The SMILES string of the molecule is CCCOc1ccc(C(=O)N2CCC(C(=O)NN)CC2)cc1. The molecular formula is C16H23N3O3. The van der Waals surface area contributed by atoms with Crippen molar-refractivity contribution in [2.45, 2.75) is 26.2 Å². The van der Waals surface area contributed by atoms with Crippen LogP contribution in [-0.4, -0.2) is 36.4 Å². The summed E-state index contributed by atoms with van der Waals surface area (Å²) in [5, 5.41) is 0. The molecule has 0 radical (unpaired) electrons. The first-order valence-electron chi connectivity index (χ1n) is 7.68. The van der Waals surface area contributed by atoms with Gasteiger partial charge in [-0.3, -0.25) is 15.0 Å². The highest BCUT2D eigenvalue weighted by Crippen LogP contribution is 2.20. The maximum Gasteiger partial charge on any atom is 0.253 e. The summed E-state index contributed by atoms with van der Waals surface area (Å²) in [6, 6.07) is 7.20. The highest BCUT2D eigenvalue weighted by atomic mass is 16.5. The Kier molecular flexibility index (Phi) is 5.77. The van der Waals surface area contributed by atoms with Gasteiger partial charge in [0.1, 0.15) is 5.75 Å². The molecule has 1 fully saturated rings. The van der Waals surface area contributed by atoms with Crippen LogP contribution in [0.2, 0.25) is 0 Å². The van der Waals surface area contributed by atoms with E-state index in [1.54, 1.807) is 17.0 Å². The zero-order valence-electron chi connectivity index (χ0n) is 12.9. The van der Waals surface area contributed by atoms with Gasteiger partial charge in [-0.1, -0.05) is 6.92 Å². The van der Waals surface area contributed by atoms with Gasteiger partial charge < -0.3 is 9.64 Å². The highest BCUT2D eigenvalue weighted by molar-refractivity contribution is 5.94. The number of carbonyl (C=O) groups excluding carboxylic acids is 2. The number of amides is 2. The number of hydrogen-bond donors (Lipinski definition) is 2. The molecule has 6 nitrogen and oxygen atoms in total. The molecule has 2 rings (SSSR count). The van der Waals surface area contributed by atoms with E-state index in [-0.39, 0.29) is 17.7 Å². The molecule has 1 aliphatic rings. The summed E-state index contributed by atoms with van der Waals surface area (Å²) in [5.74, 6) is 5.67. The average Bonchev–Trinajstić information content (AvgIpc) is 2.59. The summed E-state index contributed by atoms with van der Waals surface area (Å²) in [7, 11) is 0. The fourth-order valence-electron chi connectivity index (χ4n) is 2.56. The van der Waals surface area contributed by atoms with Gasteiger partial charge in [-0.2, -0.15) is 0 Å². The van der Waals surface area contributed by atoms with Crippen LogP contribution in [0.3, 0.4) is 0 Å². The molecule has 0 spiro atoms. The summed E-state index contributed by atoms with van der Waals surface area (Å²) in [6.45, 7) is 3.87. The molecule has 0 saturated carbocycles. The Hall–Kier alpha value is -2.08. The van der Waals surface area contributed by atoms with Crippen molar-refractivity contribution in [2.75, 3.05) is 19.7 Å². The van der Waals surface area contributed by atoms with Gasteiger partial charge in [0.25, 0.3) is 5.91 Å². The van der Waals surface area contributed by atoms with Gasteiger partial charge in [-0.15, -0.1) is 0 Å². The van der Waals surface area contributed by atoms with E-state index < -0.39 is 0 Å². The molecule has 1 aromatic carbocycles. The Morgan fingerprint density at radius 2 is 1.91 bits per heavy atom. The summed E-state index contributed by atoms with van der Waals surface area (Å²) < 4.78 is 5.51. The van der Waals surface area contributed by atoms with Crippen LogP contribution in [0.4, 0.5) is 0 Å². The van der Waals surface area contributed by atoms with Crippen LogP contribution in [0.1, 0.15) is 36.5 Å². The molecule has 1 saturated heterocycles. The fourth-order valence-corrected chi connectivity index (χ4v) is 2.56. The summed E-state index contributed by atoms with van der Waals surface area (Å²) in [4.78, 5) is 25.7. The number of hydrogen-bond acceptors (Lipinski definition) is 4. The molecule has 1 aliphatic heterocycles. The average molecular weight is 305 g/mol. The first-order valence-corrected chi connectivity index (χ1v) is 7.68. The van der Waals surface area contributed by atoms with Crippen LogP contribution >= 0.6 is 0 Å². The minimum Gasteiger partial charge on any atom is -0.494 e. The summed E-state index contributed by atoms with van der Waals surface area (Å²) >= 11 is 0. The first-order chi connectivity index (χ1) is 10.7. The molecule has 6 heteroatoms. The molecule has 0 unspecified atom stereocenters. The number of piperidine rings is 1. The molecular weight excluding hydrogens is 282 g/mol. The molecule has 1 heterocycles. The van der Waals surface area contributed by atoms with Gasteiger partial charge in [-0.05, 0) is 43.5 Å². The zero-order chi connectivity index (χ0) is 15.9. The second-order valence-electron chi connectivity index (χ2n) is 5.45. The predicted molar refractivity (Wildman–Crippen MR) is 83.2 cm³/mol. The second kappa shape index (κ2) is 7.79. The van der Waals surface area contributed by atoms with E-state index >= 15 is 0 Å². The molecule has 2 amide bonds. The summed E-state index contributed by atoms with van der Waals surface area (Å²) in [6.07, 6.45) is 2.24. The standard InChI is InChI=1S/C16H23N3O3/c1-2-11-22-14-5-3-13(4-6-14)16(21)19-9-7-12(8-10-19)15(20)18-17/h3-6,12H,2,7-11,17H2,1H3,(H,18,20). The third-order valence-electron chi connectivity index (χ3n) is 3.87. The molecule has 0 bridgehead atoms. The maximum absolute atomic E-state index is 12.4. The number of likely N-dealkylation sites (tertiary alicyclic amines) is 1. The van der Waals surface area contributed by atoms with Crippen LogP contribution in [0.15, 0.2) is 24.3 Å². The van der Waals surface area contributed by atoms with E-state index in [1.165, 1.54) is 0 Å². The van der Waals surface area contributed by atoms with Crippen molar-refractivity contribution in [1.82, 2.24) is 10.3 Å². The zero-order valence-corrected chi connectivity index (χ0v) is 12.9. The largest absolute Gasteiger partial charge is 0.494 e. The quantitative estimate of drug-likeness (QED) is 0.488. The van der Waals surface area contributed by atoms with Crippen molar-refractivity contribution < 1.29 is 14.3 Å². The Labute approximate surface area is 130 Å². The van der Waals surface area contributed by atoms with Gasteiger partial charge in [-0.25, -0.2) is 5.84 Å². The Morgan fingerprint density at radius 3 is 2.45 bits per heavy atom. The smallest absolute Gasteiger partial charge is 0.253 e. The van der Waals surface area contributed by atoms with Crippen LogP contribution in [0, 0.1) is 5.92 Å². The van der Waals surface area contributed by atoms with E-state index in [0.717, 1.165) is 12.2 Å². The molecule has 120 valence electrons. The van der Waals surface area contributed by atoms with Crippen molar-refractivity contribution >= 4 is 11.8 Å². The highest BCUT2D eigenvalue weighted by Gasteiger charge is 2.27. The van der Waals surface area contributed by atoms with Gasteiger partial charge >= 0.3 is 0 Å². The van der Waals surface area contributed by atoms with E-state index in [1.807, 2.05) is 19.1 Å². The van der Waals surface area contributed by atoms with Crippen molar-refractivity contribution in [3.05, 3.63) is 29.8 Å². The van der Waals surface area contributed by atoms with E-state index in [9.17, 15) is 9.59 Å². The minimum atomic E-state index is -0.149. The number of nitrogens with zero attached hydrogens (tertiary/aromatic N) is 1. The van der Waals surface area contributed by atoms with Crippen molar-refractivity contribution in [3.8, 4) is 5.75 Å². The van der Waals surface area contributed by atoms with E-state index in [2.05, 4.69) is 5.43 Å². The summed E-state index contributed by atoms with van der Waals surface area (Å²) in [5.41, 5.74) is 2.82. The van der Waals surface area contributed by atoms with Crippen molar-refractivity contribution in [2.24, 2.45) is 11.8 Å². The molecule has 0 aliphatic carbocycles. The predicted octanol–water partition coefficient (Wildman–Crippen LogP) is 1.32. The second-order valence-corrected chi connectivity index (χ2v) is 5.45. The molecule has 0 atom stereocenters.